The fourth-order valence-corrected chi connectivity index (χ4v) is 3.19. The smallest absolute Gasteiger partial charge is 0.244 e. The second kappa shape index (κ2) is 4.68. The van der Waals surface area contributed by atoms with Crippen LogP contribution in [0.5, 0.6) is 0 Å². The van der Waals surface area contributed by atoms with Crippen LogP contribution in [0.2, 0.25) is 0 Å². The molecule has 0 unspecified atom stereocenters. The van der Waals surface area contributed by atoms with Gasteiger partial charge in [0.1, 0.15) is 4.90 Å². The minimum Gasteiger partial charge on any atom is -0.319 e. The van der Waals surface area contributed by atoms with Crippen molar-refractivity contribution in [3.05, 3.63) is 59.0 Å². The zero-order valence-corrected chi connectivity index (χ0v) is 12.5. The Labute approximate surface area is 122 Å². The molecule has 3 rings (SSSR count). The Kier molecular flexibility index (Phi) is 3.07. The highest BCUT2D eigenvalue weighted by Gasteiger charge is 2.19. The second-order valence-corrected chi connectivity index (χ2v) is 7.14. The first kappa shape index (κ1) is 13.8. The van der Waals surface area contributed by atoms with Gasteiger partial charge in [-0.05, 0) is 17.5 Å². The Bertz CT molecular complexity index is 1000. The topological polar surface area (TPSA) is 58.9 Å². The van der Waals surface area contributed by atoms with E-state index < -0.39 is 10.0 Å². The highest BCUT2D eigenvalue weighted by Crippen LogP contribution is 2.17. The standard InChI is InChI=1S/C15H14N2O3S/c1-16(2)21(19,20)12-9-14-15(18)13-6-4-3-5-11(13)7-8-17(14)10-12/h3-10H,1-2H3. The normalized spacial score (nSPS) is 12.3. The molecule has 0 radical (unpaired) electrons. The molecule has 108 valence electrons. The summed E-state index contributed by atoms with van der Waals surface area (Å²) < 4.78 is 27.0. The zero-order valence-electron chi connectivity index (χ0n) is 11.6. The van der Waals surface area contributed by atoms with E-state index >= 15 is 0 Å². The molecule has 1 aromatic carbocycles. The largest absolute Gasteiger partial charge is 0.319 e. The maximum Gasteiger partial charge on any atom is 0.244 e. The van der Waals surface area contributed by atoms with Gasteiger partial charge in [0.05, 0.1) is 5.52 Å². The van der Waals surface area contributed by atoms with E-state index in [1.54, 1.807) is 28.8 Å². The van der Waals surface area contributed by atoms with Crippen LogP contribution in [0.15, 0.2) is 58.5 Å². The van der Waals surface area contributed by atoms with Gasteiger partial charge in [-0.1, -0.05) is 24.3 Å². The Balaban J connectivity index is 2.42. The van der Waals surface area contributed by atoms with E-state index in [9.17, 15) is 13.2 Å². The van der Waals surface area contributed by atoms with Crippen molar-refractivity contribution < 1.29 is 8.42 Å². The number of fused-ring (bicyclic) bond motifs is 2. The molecule has 0 aliphatic heterocycles. The minimum absolute atomic E-state index is 0.111. The summed E-state index contributed by atoms with van der Waals surface area (Å²) in [6.07, 6.45) is 3.17. The van der Waals surface area contributed by atoms with Crippen LogP contribution in [0.1, 0.15) is 0 Å². The number of nitrogens with zero attached hydrogens (tertiary/aromatic N) is 2. The van der Waals surface area contributed by atoms with E-state index in [1.807, 2.05) is 12.1 Å². The molecule has 5 nitrogen and oxygen atoms in total. The lowest BCUT2D eigenvalue weighted by Crippen LogP contribution is -2.21. The van der Waals surface area contributed by atoms with E-state index in [0.29, 0.717) is 10.9 Å². The summed E-state index contributed by atoms with van der Waals surface area (Å²) >= 11 is 0. The van der Waals surface area contributed by atoms with E-state index in [4.69, 9.17) is 0 Å². The van der Waals surface area contributed by atoms with Crippen molar-refractivity contribution in [1.82, 2.24) is 8.71 Å². The van der Waals surface area contributed by atoms with Crippen LogP contribution in [0.3, 0.4) is 0 Å². The van der Waals surface area contributed by atoms with E-state index in [0.717, 1.165) is 9.69 Å². The van der Waals surface area contributed by atoms with Crippen molar-refractivity contribution in [3.8, 4) is 0 Å². The van der Waals surface area contributed by atoms with E-state index in [2.05, 4.69) is 0 Å². The van der Waals surface area contributed by atoms with E-state index in [1.165, 1.54) is 26.4 Å². The van der Waals surface area contributed by atoms with Crippen molar-refractivity contribution in [2.75, 3.05) is 14.1 Å². The number of rotatable bonds is 2. The molecule has 21 heavy (non-hydrogen) atoms. The summed E-state index contributed by atoms with van der Waals surface area (Å²) in [5.74, 6) is 0. The van der Waals surface area contributed by atoms with Gasteiger partial charge in [0.2, 0.25) is 15.5 Å². The molecule has 0 atom stereocenters. The molecule has 0 saturated heterocycles. The maximum atomic E-state index is 12.6. The average molecular weight is 302 g/mol. The molecule has 0 saturated carbocycles. The predicted octanol–water partition coefficient (Wildman–Crippen LogP) is 1.70. The molecule has 0 fully saturated rings. The van der Waals surface area contributed by atoms with Gasteiger partial charge < -0.3 is 4.40 Å². The number of hydrogen-bond acceptors (Lipinski definition) is 3. The average Bonchev–Trinajstić information content (AvgIpc) is 2.84. The molecular weight excluding hydrogens is 288 g/mol. The van der Waals surface area contributed by atoms with Crippen LogP contribution in [-0.4, -0.2) is 31.2 Å². The lowest BCUT2D eigenvalue weighted by Gasteiger charge is -2.08. The van der Waals surface area contributed by atoms with Gasteiger partial charge in [-0.25, -0.2) is 12.7 Å². The highest BCUT2D eigenvalue weighted by atomic mass is 32.2. The van der Waals surface area contributed by atoms with Gasteiger partial charge in [0, 0.05) is 31.9 Å². The van der Waals surface area contributed by atoms with Crippen LogP contribution >= 0.6 is 0 Å². The van der Waals surface area contributed by atoms with Crippen LogP contribution in [0.25, 0.3) is 16.3 Å². The number of aromatic nitrogens is 1. The Hall–Kier alpha value is -2.18. The minimum atomic E-state index is -3.56. The molecule has 2 aromatic heterocycles. The number of benzene rings is 1. The van der Waals surface area contributed by atoms with Crippen LogP contribution in [-0.2, 0) is 10.0 Å². The van der Waals surface area contributed by atoms with Crippen LogP contribution in [0.4, 0.5) is 0 Å². The molecule has 0 N–H and O–H groups in total. The Morgan fingerprint density at radius 3 is 2.52 bits per heavy atom. The van der Waals surface area contributed by atoms with Gasteiger partial charge in [-0.2, -0.15) is 0 Å². The first-order valence-corrected chi connectivity index (χ1v) is 7.81. The van der Waals surface area contributed by atoms with Crippen molar-refractivity contribution in [1.29, 1.82) is 0 Å². The van der Waals surface area contributed by atoms with Gasteiger partial charge >= 0.3 is 0 Å². The van der Waals surface area contributed by atoms with Crippen LogP contribution < -0.4 is 5.43 Å². The molecule has 3 aromatic rings. The number of sulfonamides is 1. The summed E-state index contributed by atoms with van der Waals surface area (Å²) in [7, 11) is -0.630. The summed E-state index contributed by atoms with van der Waals surface area (Å²) in [6.45, 7) is 0. The summed E-state index contributed by atoms with van der Waals surface area (Å²) in [5.41, 5.74) is 0.160. The quantitative estimate of drug-likeness (QED) is 0.724. The fraction of sp³-hybridized carbons (Fsp3) is 0.133. The van der Waals surface area contributed by atoms with Crippen molar-refractivity contribution in [3.63, 3.8) is 0 Å². The Morgan fingerprint density at radius 2 is 1.81 bits per heavy atom. The predicted molar refractivity (Wildman–Crippen MR) is 82.0 cm³/mol. The first-order chi connectivity index (χ1) is 9.91. The molecule has 0 aliphatic carbocycles. The Morgan fingerprint density at radius 1 is 1.10 bits per heavy atom. The second-order valence-electron chi connectivity index (χ2n) is 4.99. The van der Waals surface area contributed by atoms with Gasteiger partial charge in [0.25, 0.3) is 0 Å². The third-order valence-electron chi connectivity index (χ3n) is 3.45. The van der Waals surface area contributed by atoms with E-state index in [-0.39, 0.29) is 10.3 Å². The first-order valence-electron chi connectivity index (χ1n) is 6.37. The molecule has 0 aliphatic rings. The monoisotopic (exact) mass is 302 g/mol. The lowest BCUT2D eigenvalue weighted by atomic mass is 10.2. The zero-order chi connectivity index (χ0) is 15.2. The lowest BCUT2D eigenvalue weighted by molar-refractivity contribution is 0.521. The SMILES string of the molecule is CN(C)S(=O)(=O)c1cc2c(=O)c3ccccc3ccn2c1. The molecule has 0 spiro atoms. The van der Waals surface area contributed by atoms with Crippen LogP contribution in [0, 0.1) is 0 Å². The van der Waals surface area contributed by atoms with Gasteiger partial charge in [-0.15, -0.1) is 0 Å². The molecule has 0 bridgehead atoms. The fourth-order valence-electron chi connectivity index (χ4n) is 2.26. The maximum absolute atomic E-state index is 12.6. The third kappa shape index (κ3) is 2.12. The third-order valence-corrected chi connectivity index (χ3v) is 5.24. The summed E-state index contributed by atoms with van der Waals surface area (Å²) in [6, 6.07) is 10.5. The van der Waals surface area contributed by atoms with Gasteiger partial charge in [-0.3, -0.25) is 4.79 Å². The number of hydrogen-bond donors (Lipinski definition) is 0. The molecule has 0 amide bonds. The van der Waals surface area contributed by atoms with Crippen molar-refractivity contribution in [2.45, 2.75) is 4.90 Å². The van der Waals surface area contributed by atoms with Crippen molar-refractivity contribution in [2.24, 2.45) is 0 Å². The summed E-state index contributed by atoms with van der Waals surface area (Å²) in [4.78, 5) is 12.7. The molecule has 6 heteroatoms. The summed E-state index contributed by atoms with van der Waals surface area (Å²) in [5, 5.41) is 1.39. The van der Waals surface area contributed by atoms with Gasteiger partial charge in [0.15, 0.2) is 0 Å². The molecule has 2 heterocycles. The van der Waals surface area contributed by atoms with Crippen molar-refractivity contribution >= 4 is 26.3 Å². The highest BCUT2D eigenvalue weighted by molar-refractivity contribution is 7.89. The molecular formula is C15H14N2O3S.